The smallest absolute Gasteiger partial charge is 0.418 e. The highest BCUT2D eigenvalue weighted by molar-refractivity contribution is 6.50. The van der Waals surface area contributed by atoms with E-state index >= 15 is 0 Å². The predicted octanol–water partition coefficient (Wildman–Crippen LogP) is 6.21. The van der Waals surface area contributed by atoms with E-state index in [4.69, 9.17) is 0 Å². The standard InChI is InChI=1S/C19H26N.BF4/c1-6-20-18(14(2)3)12-17(13-19(20)15(4)5)16-10-8-7-9-11-16;2-1(3,4)5/h7-15H,6H2,1-5H3;/q+1;-1. The topological polar surface area (TPSA) is 3.88 Å². The molecule has 0 atom stereocenters. The normalized spacial score (nSPS) is 11.5. The maximum absolute atomic E-state index is 9.75. The summed E-state index contributed by atoms with van der Waals surface area (Å²) in [6.07, 6.45) is 0. The molecule has 0 bridgehead atoms. The molecule has 2 rings (SSSR count). The number of aromatic nitrogens is 1. The highest BCUT2D eigenvalue weighted by atomic mass is 19.5. The minimum absolute atomic E-state index is 0.538. The molecule has 0 fully saturated rings. The van der Waals surface area contributed by atoms with Gasteiger partial charge in [-0.1, -0.05) is 58.0 Å². The summed E-state index contributed by atoms with van der Waals surface area (Å²) in [6, 6.07) is 15.4. The molecule has 0 aliphatic heterocycles. The highest BCUT2D eigenvalue weighted by Crippen LogP contribution is 2.25. The lowest BCUT2D eigenvalue weighted by Gasteiger charge is -2.14. The molecule has 0 aliphatic rings. The van der Waals surface area contributed by atoms with Crippen LogP contribution >= 0.6 is 0 Å². The third-order valence-electron chi connectivity index (χ3n) is 3.84. The van der Waals surface area contributed by atoms with Gasteiger partial charge in [-0.3, -0.25) is 0 Å². The van der Waals surface area contributed by atoms with Crippen molar-refractivity contribution in [1.29, 1.82) is 0 Å². The summed E-state index contributed by atoms with van der Waals surface area (Å²) in [5, 5.41) is 0. The highest BCUT2D eigenvalue weighted by Gasteiger charge is 2.22. The van der Waals surface area contributed by atoms with Gasteiger partial charge in [0.05, 0.1) is 0 Å². The molecule has 0 spiro atoms. The first-order chi connectivity index (χ1) is 11.5. The number of nitrogens with zero attached hydrogens (tertiary/aromatic N) is 1. The molecule has 1 nitrogen and oxygen atoms in total. The largest absolute Gasteiger partial charge is 0.673 e. The molecule has 1 aromatic carbocycles. The zero-order valence-corrected chi connectivity index (χ0v) is 15.4. The average Bonchev–Trinajstić information content (AvgIpc) is 2.52. The fourth-order valence-electron chi connectivity index (χ4n) is 2.78. The van der Waals surface area contributed by atoms with Crippen LogP contribution in [0.2, 0.25) is 0 Å². The maximum atomic E-state index is 9.75. The number of halogens is 4. The molecule has 0 saturated carbocycles. The van der Waals surface area contributed by atoms with E-state index in [2.05, 4.69) is 81.7 Å². The summed E-state index contributed by atoms with van der Waals surface area (Å²) < 4.78 is 41.5. The quantitative estimate of drug-likeness (QED) is 0.349. The lowest BCUT2D eigenvalue weighted by Crippen LogP contribution is -2.42. The molecule has 0 radical (unpaired) electrons. The van der Waals surface area contributed by atoms with Gasteiger partial charge in [-0.05, 0) is 18.1 Å². The van der Waals surface area contributed by atoms with Crippen LogP contribution in [0.3, 0.4) is 0 Å². The van der Waals surface area contributed by atoms with E-state index in [-0.39, 0.29) is 0 Å². The molecule has 1 heterocycles. The third kappa shape index (κ3) is 6.88. The van der Waals surface area contributed by atoms with Crippen LogP contribution in [-0.2, 0) is 6.54 Å². The van der Waals surface area contributed by atoms with Gasteiger partial charge >= 0.3 is 7.25 Å². The predicted molar refractivity (Wildman–Crippen MR) is 96.1 cm³/mol. The second kappa shape index (κ2) is 9.02. The number of pyridine rings is 1. The van der Waals surface area contributed by atoms with Gasteiger partial charge in [0.15, 0.2) is 11.4 Å². The van der Waals surface area contributed by atoms with Crippen molar-refractivity contribution in [3.05, 3.63) is 53.9 Å². The molecule has 0 N–H and O–H groups in total. The number of rotatable bonds is 4. The van der Waals surface area contributed by atoms with E-state index in [1.54, 1.807) is 0 Å². The molecule has 0 unspecified atom stereocenters. The molecule has 6 heteroatoms. The maximum Gasteiger partial charge on any atom is 0.673 e. The van der Waals surface area contributed by atoms with E-state index in [1.807, 2.05) is 0 Å². The van der Waals surface area contributed by atoms with E-state index in [1.165, 1.54) is 22.5 Å². The Morgan fingerprint density at radius 1 is 0.800 bits per heavy atom. The van der Waals surface area contributed by atoms with E-state index in [0.29, 0.717) is 11.8 Å². The molecular formula is C19H26BF4N. The lowest BCUT2D eigenvalue weighted by atomic mass is 9.97. The molecular weight excluding hydrogens is 329 g/mol. The summed E-state index contributed by atoms with van der Waals surface area (Å²) >= 11 is 0. The van der Waals surface area contributed by atoms with Crippen LogP contribution in [-0.4, -0.2) is 7.25 Å². The minimum Gasteiger partial charge on any atom is -0.418 e. The van der Waals surface area contributed by atoms with Gasteiger partial charge in [0.1, 0.15) is 6.54 Å². The van der Waals surface area contributed by atoms with Crippen LogP contribution in [0, 0.1) is 0 Å². The SMILES string of the molecule is CC[n+]1c(C(C)C)cc(-c2ccccc2)cc1C(C)C.F[B-](F)(F)F. The van der Waals surface area contributed by atoms with E-state index < -0.39 is 7.25 Å². The summed E-state index contributed by atoms with van der Waals surface area (Å²) in [5.41, 5.74) is 5.50. The molecule has 1 aromatic heterocycles. The van der Waals surface area contributed by atoms with Crippen LogP contribution in [0.5, 0.6) is 0 Å². The molecule has 0 aliphatic carbocycles. The van der Waals surface area contributed by atoms with Gasteiger partial charge < -0.3 is 17.3 Å². The number of hydrogen-bond donors (Lipinski definition) is 0. The number of benzene rings is 1. The Kier molecular flexibility index (Phi) is 7.65. The van der Waals surface area contributed by atoms with Crippen molar-refractivity contribution in [2.75, 3.05) is 0 Å². The Bertz CT molecular complexity index is 632. The summed E-state index contributed by atoms with van der Waals surface area (Å²) in [4.78, 5) is 0. The second-order valence-electron chi connectivity index (χ2n) is 6.51. The van der Waals surface area contributed by atoms with Crippen LogP contribution < -0.4 is 4.57 Å². The van der Waals surface area contributed by atoms with E-state index in [9.17, 15) is 17.3 Å². The Morgan fingerprint density at radius 2 is 1.20 bits per heavy atom. The lowest BCUT2D eigenvalue weighted by molar-refractivity contribution is -0.709. The fourth-order valence-corrected chi connectivity index (χ4v) is 2.78. The summed E-state index contributed by atoms with van der Waals surface area (Å²) in [7, 11) is -6.00. The first-order valence-corrected chi connectivity index (χ1v) is 8.55. The van der Waals surface area contributed by atoms with Crippen molar-refractivity contribution in [1.82, 2.24) is 0 Å². The van der Waals surface area contributed by atoms with Crippen molar-refractivity contribution >= 4 is 7.25 Å². The Labute approximate surface area is 147 Å². The van der Waals surface area contributed by atoms with Crippen LogP contribution in [0.25, 0.3) is 11.1 Å². The van der Waals surface area contributed by atoms with Gasteiger partial charge in [0.2, 0.25) is 0 Å². The first-order valence-electron chi connectivity index (χ1n) is 8.55. The van der Waals surface area contributed by atoms with Gasteiger partial charge in [-0.25, -0.2) is 0 Å². The zero-order chi connectivity index (χ0) is 19.2. The zero-order valence-electron chi connectivity index (χ0n) is 15.4. The van der Waals surface area contributed by atoms with Crippen molar-refractivity contribution in [2.24, 2.45) is 0 Å². The van der Waals surface area contributed by atoms with Crippen LogP contribution in [0.1, 0.15) is 57.8 Å². The molecule has 0 amide bonds. The Hall–Kier alpha value is -1.85. The molecule has 0 saturated heterocycles. The monoisotopic (exact) mass is 355 g/mol. The van der Waals surface area contributed by atoms with Gasteiger partial charge in [0, 0.05) is 24.0 Å². The Balaban J connectivity index is 0.000000550. The van der Waals surface area contributed by atoms with Crippen molar-refractivity contribution < 1.29 is 21.8 Å². The second-order valence-corrected chi connectivity index (χ2v) is 6.51. The van der Waals surface area contributed by atoms with Crippen LogP contribution in [0.4, 0.5) is 17.3 Å². The van der Waals surface area contributed by atoms with Crippen LogP contribution in [0.15, 0.2) is 42.5 Å². The van der Waals surface area contributed by atoms with Crippen molar-refractivity contribution in [2.45, 2.75) is 53.0 Å². The number of hydrogen-bond acceptors (Lipinski definition) is 0. The van der Waals surface area contributed by atoms with Crippen molar-refractivity contribution in [3.8, 4) is 11.1 Å². The van der Waals surface area contributed by atoms with E-state index in [0.717, 1.165) is 6.54 Å². The summed E-state index contributed by atoms with van der Waals surface area (Å²) in [6.45, 7) is 12.4. The average molecular weight is 355 g/mol. The Morgan fingerprint density at radius 3 is 1.52 bits per heavy atom. The van der Waals surface area contributed by atoms with Gasteiger partial charge in [-0.15, -0.1) is 0 Å². The molecule has 25 heavy (non-hydrogen) atoms. The minimum atomic E-state index is -6.00. The fraction of sp³-hybridized carbons (Fsp3) is 0.421. The summed E-state index contributed by atoms with van der Waals surface area (Å²) in [5.74, 6) is 1.08. The molecule has 2 aromatic rings. The molecule has 138 valence electrons. The van der Waals surface area contributed by atoms with Gasteiger partial charge in [-0.2, -0.15) is 4.57 Å². The third-order valence-corrected chi connectivity index (χ3v) is 3.84. The van der Waals surface area contributed by atoms with Crippen molar-refractivity contribution in [3.63, 3.8) is 0 Å². The van der Waals surface area contributed by atoms with Gasteiger partial charge in [0.25, 0.3) is 0 Å². The first kappa shape index (κ1) is 21.2.